The summed E-state index contributed by atoms with van der Waals surface area (Å²) in [4.78, 5) is 30.4. The van der Waals surface area contributed by atoms with Crippen molar-refractivity contribution < 1.29 is 22.7 Å². The second-order valence-electron chi connectivity index (χ2n) is 7.22. The monoisotopic (exact) mass is 463 g/mol. The normalized spacial score (nSPS) is 14.3. The van der Waals surface area contributed by atoms with E-state index in [2.05, 4.69) is 15.0 Å². The number of hydrogen-bond acceptors (Lipinski definition) is 7. The van der Waals surface area contributed by atoms with Gasteiger partial charge in [0.15, 0.2) is 6.61 Å². The van der Waals surface area contributed by atoms with Crippen LogP contribution in [0.5, 0.6) is 0 Å². The Labute approximate surface area is 185 Å². The number of nitrogens with zero attached hydrogens (tertiary/aromatic N) is 1. The molecule has 2 N–H and O–H groups in total. The summed E-state index contributed by atoms with van der Waals surface area (Å²) >= 11 is 1.48. The van der Waals surface area contributed by atoms with Crippen molar-refractivity contribution in [2.75, 3.05) is 18.5 Å². The highest BCUT2D eigenvalue weighted by Gasteiger charge is 2.19. The van der Waals surface area contributed by atoms with Gasteiger partial charge in [-0.25, -0.2) is 13.2 Å². The molecule has 2 heterocycles. The lowest BCUT2D eigenvalue weighted by atomic mass is 10.2. The average Bonchev–Trinajstić information content (AvgIpc) is 2.90. The van der Waals surface area contributed by atoms with Crippen LogP contribution in [-0.2, 0) is 19.6 Å². The molecular formula is C21H25N3O5S2. The molecule has 0 aliphatic carbocycles. The summed E-state index contributed by atoms with van der Waals surface area (Å²) in [5, 5.41) is 2.56. The van der Waals surface area contributed by atoms with Crippen LogP contribution >= 0.6 is 11.3 Å². The minimum absolute atomic E-state index is 0.0126. The minimum atomic E-state index is -3.81. The number of sulfonamides is 1. The zero-order valence-corrected chi connectivity index (χ0v) is 19.1. The van der Waals surface area contributed by atoms with Gasteiger partial charge in [-0.05, 0) is 51.0 Å². The number of anilines is 1. The van der Waals surface area contributed by atoms with Crippen molar-refractivity contribution in [2.24, 2.45) is 4.99 Å². The predicted molar refractivity (Wildman–Crippen MR) is 120 cm³/mol. The number of thiophene rings is 1. The molecule has 0 spiro atoms. The number of aryl methyl sites for hydroxylation is 2. The first-order chi connectivity index (χ1) is 14.7. The van der Waals surface area contributed by atoms with Gasteiger partial charge in [0.25, 0.3) is 15.9 Å². The Balaban J connectivity index is 1.60. The number of ether oxygens (including phenoxy) is 1. The second kappa shape index (κ2) is 10.1. The van der Waals surface area contributed by atoms with Gasteiger partial charge in [-0.15, -0.1) is 11.3 Å². The third kappa shape index (κ3) is 6.38. The zero-order chi connectivity index (χ0) is 22.4. The van der Waals surface area contributed by atoms with Crippen LogP contribution < -0.4 is 10.0 Å². The lowest BCUT2D eigenvalue weighted by Gasteiger charge is -2.11. The van der Waals surface area contributed by atoms with E-state index in [1.165, 1.54) is 29.5 Å². The zero-order valence-electron chi connectivity index (χ0n) is 17.4. The summed E-state index contributed by atoms with van der Waals surface area (Å²) in [6.45, 7) is 3.84. The molecule has 0 saturated carbocycles. The number of amidine groups is 1. The molecule has 2 aromatic rings. The Hall–Kier alpha value is -2.72. The van der Waals surface area contributed by atoms with Crippen molar-refractivity contribution in [2.45, 2.75) is 44.4 Å². The van der Waals surface area contributed by atoms with E-state index in [0.717, 1.165) is 29.0 Å². The molecule has 0 bridgehead atoms. The van der Waals surface area contributed by atoms with Gasteiger partial charge in [0.2, 0.25) is 0 Å². The van der Waals surface area contributed by atoms with E-state index in [0.29, 0.717) is 24.4 Å². The van der Waals surface area contributed by atoms with Crippen LogP contribution in [-0.4, -0.2) is 39.3 Å². The number of amides is 1. The lowest BCUT2D eigenvalue weighted by molar-refractivity contribution is -0.119. The average molecular weight is 464 g/mol. The highest BCUT2D eigenvalue weighted by atomic mass is 32.2. The molecule has 1 amide bonds. The van der Waals surface area contributed by atoms with Crippen LogP contribution in [0.15, 0.2) is 40.2 Å². The van der Waals surface area contributed by atoms with Crippen molar-refractivity contribution in [1.29, 1.82) is 0 Å². The number of aliphatic imine (C=N–C) groups is 1. The predicted octanol–water partition coefficient (Wildman–Crippen LogP) is 3.41. The fourth-order valence-corrected chi connectivity index (χ4v) is 5.20. The van der Waals surface area contributed by atoms with E-state index in [-0.39, 0.29) is 10.6 Å². The molecule has 166 valence electrons. The molecule has 0 radical (unpaired) electrons. The number of rotatable bonds is 6. The summed E-state index contributed by atoms with van der Waals surface area (Å²) in [6.07, 6.45) is 3.44. The summed E-state index contributed by atoms with van der Waals surface area (Å²) in [5.41, 5.74) is 0.727. The first-order valence-electron chi connectivity index (χ1n) is 9.95. The third-order valence-electron chi connectivity index (χ3n) is 4.65. The van der Waals surface area contributed by atoms with Crippen LogP contribution in [0.25, 0.3) is 0 Å². The first-order valence-corrected chi connectivity index (χ1v) is 12.2. The Morgan fingerprint density at radius 2 is 1.97 bits per heavy atom. The van der Waals surface area contributed by atoms with Crippen molar-refractivity contribution in [1.82, 2.24) is 4.72 Å². The second-order valence-corrected chi connectivity index (χ2v) is 10.4. The van der Waals surface area contributed by atoms with Crippen LogP contribution in [0.4, 0.5) is 5.69 Å². The number of nitrogens with one attached hydrogen (secondary N) is 2. The van der Waals surface area contributed by atoms with Crippen molar-refractivity contribution >= 4 is 44.8 Å². The highest BCUT2D eigenvalue weighted by molar-refractivity contribution is 7.90. The molecule has 0 saturated heterocycles. The maximum atomic E-state index is 12.7. The summed E-state index contributed by atoms with van der Waals surface area (Å²) in [6, 6.07) is 7.61. The fourth-order valence-electron chi connectivity index (χ4n) is 3.15. The first kappa shape index (κ1) is 23.0. The van der Waals surface area contributed by atoms with Gasteiger partial charge >= 0.3 is 5.97 Å². The number of esters is 1. The van der Waals surface area contributed by atoms with E-state index in [9.17, 15) is 18.0 Å². The van der Waals surface area contributed by atoms with Crippen LogP contribution in [0, 0.1) is 13.8 Å². The molecular weight excluding hydrogens is 438 g/mol. The highest BCUT2D eigenvalue weighted by Crippen LogP contribution is 2.21. The third-order valence-corrected chi connectivity index (χ3v) is 6.99. The molecule has 0 atom stereocenters. The topological polar surface area (TPSA) is 114 Å². The Bertz CT molecular complexity index is 1110. The quantitative estimate of drug-likeness (QED) is 0.637. The van der Waals surface area contributed by atoms with E-state index in [1.54, 1.807) is 12.1 Å². The smallest absolute Gasteiger partial charge is 0.339 e. The largest absolute Gasteiger partial charge is 0.452 e. The molecule has 0 unspecified atom stereocenters. The summed E-state index contributed by atoms with van der Waals surface area (Å²) in [5.74, 6) is -0.673. The van der Waals surface area contributed by atoms with Gasteiger partial charge in [0.1, 0.15) is 5.84 Å². The van der Waals surface area contributed by atoms with E-state index >= 15 is 0 Å². The summed E-state index contributed by atoms with van der Waals surface area (Å²) in [7, 11) is -3.81. The number of carbonyl (C=O) groups is 2. The van der Waals surface area contributed by atoms with Crippen LogP contribution in [0.1, 0.15) is 45.8 Å². The molecule has 1 aliphatic rings. The lowest BCUT2D eigenvalue weighted by Crippen LogP contribution is -2.30. The van der Waals surface area contributed by atoms with Crippen molar-refractivity contribution in [3.8, 4) is 0 Å². The van der Waals surface area contributed by atoms with Crippen LogP contribution in [0.3, 0.4) is 0 Å². The van der Waals surface area contributed by atoms with E-state index in [1.807, 2.05) is 13.8 Å². The summed E-state index contributed by atoms with van der Waals surface area (Å²) < 4.78 is 33.0. The number of benzene rings is 1. The number of carbonyl (C=O) groups excluding carboxylic acids is 2. The standard InChI is InChI=1S/C21H25N3O5S2/c1-14-11-18(15(2)30-14)21(26)29-13-20(25)23-16-7-6-8-17(12-16)31(27,28)24-19-9-4-3-5-10-22-19/h6-8,11-12H,3-5,9-10,13H2,1-2H3,(H,22,24)(H,23,25). The SMILES string of the molecule is Cc1cc(C(=O)OCC(=O)Nc2cccc(S(=O)(=O)NC3=NCCCCC3)c2)c(C)s1. The molecule has 0 fully saturated rings. The van der Waals surface area contributed by atoms with Gasteiger partial charge in [-0.3, -0.25) is 14.5 Å². The van der Waals surface area contributed by atoms with Gasteiger partial charge in [0, 0.05) is 28.4 Å². The maximum Gasteiger partial charge on any atom is 0.339 e. The van der Waals surface area contributed by atoms with Crippen molar-refractivity contribution in [3.05, 3.63) is 45.6 Å². The van der Waals surface area contributed by atoms with E-state index < -0.39 is 28.5 Å². The fraction of sp³-hybridized carbons (Fsp3) is 0.381. The maximum absolute atomic E-state index is 12.7. The Morgan fingerprint density at radius 1 is 1.16 bits per heavy atom. The number of hydrogen-bond donors (Lipinski definition) is 2. The van der Waals surface area contributed by atoms with E-state index in [4.69, 9.17) is 4.74 Å². The molecule has 1 aromatic heterocycles. The van der Waals surface area contributed by atoms with Gasteiger partial charge in [-0.2, -0.15) is 0 Å². The molecule has 10 heteroatoms. The van der Waals surface area contributed by atoms with Crippen LogP contribution in [0.2, 0.25) is 0 Å². The van der Waals surface area contributed by atoms with Gasteiger partial charge < -0.3 is 10.1 Å². The Morgan fingerprint density at radius 3 is 2.71 bits per heavy atom. The molecule has 8 nitrogen and oxygen atoms in total. The molecule has 3 rings (SSSR count). The Kier molecular flexibility index (Phi) is 7.45. The van der Waals surface area contributed by atoms with Gasteiger partial charge in [0.05, 0.1) is 10.5 Å². The molecule has 1 aromatic carbocycles. The van der Waals surface area contributed by atoms with Gasteiger partial charge in [-0.1, -0.05) is 12.5 Å². The molecule has 1 aliphatic heterocycles. The minimum Gasteiger partial charge on any atom is -0.452 e. The van der Waals surface area contributed by atoms with Crippen molar-refractivity contribution in [3.63, 3.8) is 0 Å². The molecule has 31 heavy (non-hydrogen) atoms.